The van der Waals surface area contributed by atoms with Crippen LogP contribution in [0.1, 0.15) is 0 Å². The second-order valence-electron chi connectivity index (χ2n) is 15.6. The Hall–Kier alpha value is -8.41. The van der Waals surface area contributed by atoms with Gasteiger partial charge >= 0.3 is 0 Å². The van der Waals surface area contributed by atoms with Gasteiger partial charge in [0.15, 0.2) is 17.5 Å². The van der Waals surface area contributed by atoms with Gasteiger partial charge in [0.05, 0.1) is 22.1 Å². The summed E-state index contributed by atoms with van der Waals surface area (Å²) < 4.78 is 4.78. The molecule has 0 unspecified atom stereocenters. The fourth-order valence-corrected chi connectivity index (χ4v) is 9.09. The van der Waals surface area contributed by atoms with Gasteiger partial charge in [-0.25, -0.2) is 15.0 Å². The predicted octanol–water partition coefficient (Wildman–Crippen LogP) is 14.4. The first kappa shape index (κ1) is 35.5. The van der Waals surface area contributed by atoms with Crippen LogP contribution in [0, 0.1) is 0 Å². The van der Waals surface area contributed by atoms with E-state index in [1.54, 1.807) is 0 Å². The molecule has 0 fully saturated rings. The Morgan fingerprint density at radius 1 is 0.242 bits per heavy atom. The monoisotopic (exact) mass is 791 g/mol. The topological polar surface area (TPSA) is 48.5 Å². The molecule has 0 aliphatic heterocycles. The maximum atomic E-state index is 5.31. The zero-order valence-corrected chi connectivity index (χ0v) is 33.6. The Labute approximate surface area is 358 Å². The number of nitrogens with zero attached hydrogens (tertiary/aromatic N) is 5. The highest BCUT2D eigenvalue weighted by Gasteiger charge is 2.20. The molecule has 0 aliphatic rings. The molecule has 62 heavy (non-hydrogen) atoms. The lowest BCUT2D eigenvalue weighted by molar-refractivity contribution is 1.07. The number of rotatable bonds is 7. The van der Waals surface area contributed by atoms with Crippen LogP contribution < -0.4 is 0 Å². The molecule has 0 bridgehead atoms. The summed E-state index contributed by atoms with van der Waals surface area (Å²) in [4.78, 5) is 15.7. The zero-order valence-electron chi connectivity index (χ0n) is 33.6. The molecule has 9 aromatic carbocycles. The summed E-state index contributed by atoms with van der Waals surface area (Å²) in [5.41, 5.74) is 13.9. The maximum Gasteiger partial charge on any atom is 0.164 e. The Balaban J connectivity index is 1.09. The minimum Gasteiger partial charge on any atom is -0.309 e. The maximum absolute atomic E-state index is 5.31. The minimum atomic E-state index is 0.605. The van der Waals surface area contributed by atoms with Crippen molar-refractivity contribution in [3.63, 3.8) is 0 Å². The summed E-state index contributed by atoms with van der Waals surface area (Å²) in [6.07, 6.45) is 0. The van der Waals surface area contributed by atoms with Crippen molar-refractivity contribution in [2.24, 2.45) is 0 Å². The van der Waals surface area contributed by atoms with Crippen molar-refractivity contribution in [1.29, 1.82) is 0 Å². The smallest absolute Gasteiger partial charge is 0.164 e. The number of hydrogen-bond donors (Lipinski definition) is 0. The van der Waals surface area contributed by atoms with Crippen molar-refractivity contribution in [1.82, 2.24) is 24.1 Å². The second kappa shape index (κ2) is 14.7. The number of aromatic nitrogens is 5. The van der Waals surface area contributed by atoms with E-state index in [2.05, 4.69) is 209 Å². The average Bonchev–Trinajstić information content (AvgIpc) is 3.87. The van der Waals surface area contributed by atoms with Crippen LogP contribution >= 0.6 is 0 Å². The highest BCUT2D eigenvalue weighted by atomic mass is 15.0. The van der Waals surface area contributed by atoms with E-state index in [9.17, 15) is 0 Å². The van der Waals surface area contributed by atoms with Gasteiger partial charge in [-0.15, -0.1) is 0 Å². The van der Waals surface area contributed by atoms with Gasteiger partial charge in [0.2, 0.25) is 0 Å². The van der Waals surface area contributed by atoms with Crippen LogP contribution in [0.5, 0.6) is 0 Å². The first-order valence-electron chi connectivity index (χ1n) is 20.9. The van der Waals surface area contributed by atoms with Crippen molar-refractivity contribution in [2.45, 2.75) is 0 Å². The molecule has 0 N–H and O–H groups in total. The van der Waals surface area contributed by atoms with Crippen LogP contribution in [-0.4, -0.2) is 24.1 Å². The van der Waals surface area contributed by atoms with E-state index in [0.717, 1.165) is 61.4 Å². The molecule has 0 amide bonds. The van der Waals surface area contributed by atoms with Crippen LogP contribution in [0.4, 0.5) is 0 Å². The Morgan fingerprint density at radius 3 is 1.21 bits per heavy atom. The van der Waals surface area contributed by atoms with Gasteiger partial charge < -0.3 is 9.13 Å². The quantitative estimate of drug-likeness (QED) is 0.162. The molecular weight excluding hydrogens is 755 g/mol. The molecule has 5 nitrogen and oxygen atoms in total. The van der Waals surface area contributed by atoms with E-state index >= 15 is 0 Å². The minimum absolute atomic E-state index is 0.605. The largest absolute Gasteiger partial charge is 0.309 e. The lowest BCUT2D eigenvalue weighted by Crippen LogP contribution is -2.02. The van der Waals surface area contributed by atoms with E-state index in [1.807, 2.05) is 24.3 Å². The predicted molar refractivity (Wildman–Crippen MR) is 256 cm³/mol. The Morgan fingerprint density at radius 2 is 0.629 bits per heavy atom. The molecule has 0 aliphatic carbocycles. The molecular formula is C57H37N5. The van der Waals surface area contributed by atoms with E-state index in [0.29, 0.717) is 17.5 Å². The molecule has 0 saturated heterocycles. The number of para-hydroxylation sites is 3. The first-order chi connectivity index (χ1) is 30.7. The van der Waals surface area contributed by atoms with Crippen molar-refractivity contribution in [3.05, 3.63) is 224 Å². The third-order valence-electron chi connectivity index (χ3n) is 12.0. The SMILES string of the molecule is c1ccc(-c2ccc(-c3nc(-c4ccccc4)nc(-c4cc(-n5c6ccccc6c6ccc(-n7c8ccccc8c8ccccc87)cc65)ccc4-c4ccccc4)n3)cc2)cc1. The van der Waals surface area contributed by atoms with Crippen LogP contribution in [0.25, 0.3) is 111 Å². The molecule has 3 aromatic heterocycles. The van der Waals surface area contributed by atoms with Gasteiger partial charge in [-0.2, -0.15) is 0 Å². The normalized spacial score (nSPS) is 11.5. The lowest BCUT2D eigenvalue weighted by Gasteiger charge is -2.16. The third kappa shape index (κ3) is 5.98. The summed E-state index contributed by atoms with van der Waals surface area (Å²) in [6.45, 7) is 0. The molecule has 5 heteroatoms. The molecule has 12 aromatic rings. The Kier molecular flexibility index (Phi) is 8.42. The zero-order chi connectivity index (χ0) is 41.0. The lowest BCUT2D eigenvalue weighted by atomic mass is 9.98. The van der Waals surface area contributed by atoms with E-state index < -0.39 is 0 Å². The highest BCUT2D eigenvalue weighted by molar-refractivity contribution is 6.12. The summed E-state index contributed by atoms with van der Waals surface area (Å²) in [7, 11) is 0. The fraction of sp³-hybridized carbons (Fsp3) is 0. The van der Waals surface area contributed by atoms with Gasteiger partial charge in [-0.3, -0.25) is 0 Å². The Bertz CT molecular complexity index is 3550. The van der Waals surface area contributed by atoms with Crippen LogP contribution in [0.15, 0.2) is 224 Å². The van der Waals surface area contributed by atoms with Crippen molar-refractivity contribution < 1.29 is 0 Å². The van der Waals surface area contributed by atoms with Gasteiger partial charge in [0.25, 0.3) is 0 Å². The first-order valence-corrected chi connectivity index (χ1v) is 20.9. The fourth-order valence-electron chi connectivity index (χ4n) is 9.09. The van der Waals surface area contributed by atoms with E-state index in [-0.39, 0.29) is 0 Å². The molecule has 0 atom stereocenters. The van der Waals surface area contributed by atoms with Crippen molar-refractivity contribution in [3.8, 4) is 67.8 Å². The summed E-state index contributed by atoms with van der Waals surface area (Å²) in [5, 5.41) is 4.86. The molecule has 0 radical (unpaired) electrons. The van der Waals surface area contributed by atoms with Crippen LogP contribution in [0.3, 0.4) is 0 Å². The van der Waals surface area contributed by atoms with Crippen molar-refractivity contribution in [2.75, 3.05) is 0 Å². The van der Waals surface area contributed by atoms with Crippen LogP contribution in [-0.2, 0) is 0 Å². The molecule has 0 spiro atoms. The summed E-state index contributed by atoms with van der Waals surface area (Å²) in [6, 6.07) is 79.3. The standard InChI is InChI=1S/C57H37N5/c1-4-16-38(17-5-1)39-28-30-42(31-29-39)56-58-55(41-20-8-3-9-21-41)59-57(60-56)50-36-43(32-34-45(50)40-18-6-2-7-19-40)62-53-27-15-12-24-48(53)49-35-33-44(37-54(49)62)61-51-25-13-10-22-46(51)47-23-11-14-26-52(47)61/h1-37H. The van der Waals surface area contributed by atoms with Gasteiger partial charge in [0.1, 0.15) is 0 Å². The van der Waals surface area contributed by atoms with Gasteiger partial charge in [-0.1, -0.05) is 182 Å². The number of benzene rings is 9. The highest BCUT2D eigenvalue weighted by Crippen LogP contribution is 2.40. The van der Waals surface area contributed by atoms with Crippen LogP contribution in [0.2, 0.25) is 0 Å². The van der Waals surface area contributed by atoms with Crippen molar-refractivity contribution >= 4 is 43.6 Å². The number of hydrogen-bond acceptors (Lipinski definition) is 3. The summed E-state index contributed by atoms with van der Waals surface area (Å²) in [5.74, 6) is 1.84. The molecule has 3 heterocycles. The third-order valence-corrected chi connectivity index (χ3v) is 12.0. The number of fused-ring (bicyclic) bond motifs is 6. The van der Waals surface area contributed by atoms with Gasteiger partial charge in [0, 0.05) is 49.6 Å². The average molecular weight is 792 g/mol. The van der Waals surface area contributed by atoms with Gasteiger partial charge in [-0.05, 0) is 64.7 Å². The molecule has 0 saturated carbocycles. The second-order valence-corrected chi connectivity index (χ2v) is 15.6. The molecule has 12 rings (SSSR count). The van der Waals surface area contributed by atoms with E-state index in [4.69, 9.17) is 15.0 Å². The molecule has 290 valence electrons. The summed E-state index contributed by atoms with van der Waals surface area (Å²) >= 11 is 0. The van der Waals surface area contributed by atoms with E-state index in [1.165, 1.54) is 32.6 Å².